The zero-order valence-corrected chi connectivity index (χ0v) is 13.1. The molecule has 22 heavy (non-hydrogen) atoms. The molecule has 3 N–H and O–H groups in total. The van der Waals surface area contributed by atoms with Crippen molar-refractivity contribution in [3.05, 3.63) is 29.8 Å². The highest BCUT2D eigenvalue weighted by atomic mass is 16.5. The van der Waals surface area contributed by atoms with Crippen LogP contribution in [0.5, 0.6) is 5.75 Å². The number of nitrogens with one attached hydrogen (secondary N) is 2. The summed E-state index contributed by atoms with van der Waals surface area (Å²) in [6, 6.07) is 7.44. The lowest BCUT2D eigenvalue weighted by Gasteiger charge is -2.19. The molecule has 1 unspecified atom stereocenters. The molecule has 1 rings (SSSR count). The third kappa shape index (κ3) is 6.97. The van der Waals surface area contributed by atoms with Crippen LogP contribution in [-0.4, -0.2) is 36.3 Å². The molecular formula is C16H24N2O4. The average Bonchev–Trinajstić information content (AvgIpc) is 2.49. The molecule has 0 fully saturated rings. The number of carboxylic acids is 1. The second-order valence-electron chi connectivity index (χ2n) is 5.05. The summed E-state index contributed by atoms with van der Waals surface area (Å²) in [6.45, 7) is 4.71. The van der Waals surface area contributed by atoms with Crippen molar-refractivity contribution in [2.24, 2.45) is 0 Å². The number of benzene rings is 1. The van der Waals surface area contributed by atoms with Crippen molar-refractivity contribution in [2.45, 2.75) is 39.2 Å². The van der Waals surface area contributed by atoms with E-state index in [1.54, 1.807) is 0 Å². The maximum Gasteiger partial charge on any atom is 0.314 e. The van der Waals surface area contributed by atoms with Crippen molar-refractivity contribution in [1.82, 2.24) is 10.6 Å². The van der Waals surface area contributed by atoms with Crippen molar-refractivity contribution in [3.8, 4) is 5.75 Å². The summed E-state index contributed by atoms with van der Waals surface area (Å²) >= 11 is 0. The number of carboxylic acid groups (broad SMARTS) is 1. The fourth-order valence-corrected chi connectivity index (χ4v) is 1.85. The Morgan fingerprint density at radius 1 is 1.27 bits per heavy atom. The van der Waals surface area contributed by atoms with E-state index in [-0.39, 0.29) is 18.6 Å². The monoisotopic (exact) mass is 308 g/mol. The molecule has 0 spiro atoms. The van der Waals surface area contributed by atoms with E-state index in [2.05, 4.69) is 10.6 Å². The van der Waals surface area contributed by atoms with Crippen LogP contribution in [0.3, 0.4) is 0 Å². The summed E-state index contributed by atoms with van der Waals surface area (Å²) in [5.74, 6) is -0.0436. The molecule has 0 aliphatic carbocycles. The zero-order chi connectivity index (χ0) is 16.4. The standard InChI is InChI=1S/C16H24N2O4/c1-3-13(22-14-8-5-4-7-12(14)2)11-18-16(21)17-10-6-9-15(19)20/h4-5,7-8,13H,3,6,9-11H2,1-2H3,(H,19,20)(H2,17,18,21). The van der Waals surface area contributed by atoms with E-state index >= 15 is 0 Å². The van der Waals surface area contributed by atoms with Crippen molar-refractivity contribution in [2.75, 3.05) is 13.1 Å². The summed E-state index contributed by atoms with van der Waals surface area (Å²) in [5.41, 5.74) is 1.05. The van der Waals surface area contributed by atoms with Crippen LogP contribution in [-0.2, 0) is 4.79 Å². The molecule has 0 aliphatic rings. The van der Waals surface area contributed by atoms with Gasteiger partial charge in [0.1, 0.15) is 11.9 Å². The number of carbonyl (C=O) groups is 2. The van der Waals surface area contributed by atoms with Gasteiger partial charge in [-0.2, -0.15) is 0 Å². The summed E-state index contributed by atoms with van der Waals surface area (Å²) in [5, 5.41) is 13.9. The minimum atomic E-state index is -0.861. The molecule has 0 saturated heterocycles. The lowest BCUT2D eigenvalue weighted by atomic mass is 10.2. The predicted molar refractivity (Wildman–Crippen MR) is 84.2 cm³/mol. The molecular weight excluding hydrogens is 284 g/mol. The number of amides is 2. The van der Waals surface area contributed by atoms with Crippen molar-refractivity contribution < 1.29 is 19.4 Å². The van der Waals surface area contributed by atoms with E-state index < -0.39 is 5.97 Å². The van der Waals surface area contributed by atoms with Crippen LogP contribution in [0.4, 0.5) is 4.79 Å². The number of urea groups is 1. The second-order valence-corrected chi connectivity index (χ2v) is 5.05. The van der Waals surface area contributed by atoms with Crippen molar-refractivity contribution in [3.63, 3.8) is 0 Å². The number of aryl methyl sites for hydroxylation is 1. The fourth-order valence-electron chi connectivity index (χ4n) is 1.85. The number of rotatable bonds is 9. The Kier molecular flexibility index (Phi) is 7.81. The van der Waals surface area contributed by atoms with E-state index in [0.717, 1.165) is 17.7 Å². The van der Waals surface area contributed by atoms with Crippen LogP contribution >= 0.6 is 0 Å². The first-order valence-corrected chi connectivity index (χ1v) is 7.48. The minimum Gasteiger partial charge on any atom is -0.488 e. The fraction of sp³-hybridized carbons (Fsp3) is 0.500. The smallest absolute Gasteiger partial charge is 0.314 e. The Labute approximate surface area is 130 Å². The van der Waals surface area contributed by atoms with Gasteiger partial charge in [-0.3, -0.25) is 4.79 Å². The van der Waals surface area contributed by atoms with E-state index in [9.17, 15) is 9.59 Å². The number of hydrogen-bond acceptors (Lipinski definition) is 3. The maximum atomic E-state index is 11.6. The Bertz CT molecular complexity index is 491. The summed E-state index contributed by atoms with van der Waals surface area (Å²) in [6.07, 6.45) is 1.13. The van der Waals surface area contributed by atoms with Crippen LogP contribution in [0.1, 0.15) is 31.7 Å². The van der Waals surface area contributed by atoms with Gasteiger partial charge in [0.2, 0.25) is 0 Å². The van der Waals surface area contributed by atoms with Crippen LogP contribution in [0.2, 0.25) is 0 Å². The number of aliphatic carboxylic acids is 1. The van der Waals surface area contributed by atoms with Gasteiger partial charge in [-0.05, 0) is 31.4 Å². The van der Waals surface area contributed by atoms with Gasteiger partial charge in [0.25, 0.3) is 0 Å². The summed E-state index contributed by atoms with van der Waals surface area (Å²) < 4.78 is 5.88. The highest BCUT2D eigenvalue weighted by Gasteiger charge is 2.11. The zero-order valence-electron chi connectivity index (χ0n) is 13.1. The van der Waals surface area contributed by atoms with Gasteiger partial charge in [0, 0.05) is 13.0 Å². The maximum absolute atomic E-state index is 11.6. The van der Waals surface area contributed by atoms with Crippen LogP contribution < -0.4 is 15.4 Å². The first-order chi connectivity index (χ1) is 10.5. The molecule has 0 aliphatic heterocycles. The van der Waals surface area contributed by atoms with Crippen molar-refractivity contribution >= 4 is 12.0 Å². The Balaban J connectivity index is 2.30. The molecule has 0 bridgehead atoms. The first-order valence-electron chi connectivity index (χ1n) is 7.48. The van der Waals surface area contributed by atoms with Gasteiger partial charge in [-0.25, -0.2) is 4.79 Å². The van der Waals surface area contributed by atoms with Gasteiger partial charge in [0.15, 0.2) is 0 Å². The van der Waals surface area contributed by atoms with Gasteiger partial charge in [-0.1, -0.05) is 25.1 Å². The molecule has 1 atom stereocenters. The number of ether oxygens (including phenoxy) is 1. The number of hydrogen-bond donors (Lipinski definition) is 3. The molecule has 6 nitrogen and oxygen atoms in total. The highest BCUT2D eigenvalue weighted by Crippen LogP contribution is 2.18. The molecule has 0 saturated carbocycles. The van der Waals surface area contributed by atoms with Crippen LogP contribution in [0.25, 0.3) is 0 Å². The van der Waals surface area contributed by atoms with Gasteiger partial charge in [-0.15, -0.1) is 0 Å². The van der Waals surface area contributed by atoms with Crippen LogP contribution in [0.15, 0.2) is 24.3 Å². The SMILES string of the molecule is CCC(CNC(=O)NCCCC(=O)O)Oc1ccccc1C. The molecule has 2 amide bonds. The van der Waals surface area contributed by atoms with Crippen LogP contribution in [0, 0.1) is 6.92 Å². The summed E-state index contributed by atoms with van der Waals surface area (Å²) in [7, 11) is 0. The van der Waals surface area contributed by atoms with E-state index in [1.807, 2.05) is 38.1 Å². The second kappa shape index (κ2) is 9.65. The quantitative estimate of drug-likeness (QED) is 0.611. The number of para-hydroxylation sites is 1. The van der Waals surface area contributed by atoms with Gasteiger partial charge < -0.3 is 20.5 Å². The normalized spacial score (nSPS) is 11.5. The van der Waals surface area contributed by atoms with E-state index in [4.69, 9.17) is 9.84 Å². The third-order valence-corrected chi connectivity index (χ3v) is 3.19. The average molecular weight is 308 g/mol. The Hall–Kier alpha value is -2.24. The molecule has 0 aromatic heterocycles. The van der Waals surface area contributed by atoms with Gasteiger partial charge >= 0.3 is 12.0 Å². The molecule has 1 aromatic carbocycles. The molecule has 1 aromatic rings. The minimum absolute atomic E-state index is 0.0499. The van der Waals surface area contributed by atoms with Gasteiger partial charge in [0.05, 0.1) is 6.54 Å². The lowest BCUT2D eigenvalue weighted by Crippen LogP contribution is -2.41. The number of carbonyl (C=O) groups excluding carboxylic acids is 1. The molecule has 6 heteroatoms. The topological polar surface area (TPSA) is 87.7 Å². The van der Waals surface area contributed by atoms with Crippen molar-refractivity contribution in [1.29, 1.82) is 0 Å². The lowest BCUT2D eigenvalue weighted by molar-refractivity contribution is -0.137. The largest absolute Gasteiger partial charge is 0.488 e. The van der Waals surface area contributed by atoms with E-state index in [0.29, 0.717) is 19.5 Å². The first kappa shape index (κ1) is 17.8. The Morgan fingerprint density at radius 3 is 2.64 bits per heavy atom. The van der Waals surface area contributed by atoms with E-state index in [1.165, 1.54) is 0 Å². The molecule has 0 radical (unpaired) electrons. The Morgan fingerprint density at radius 2 is 2.00 bits per heavy atom. The third-order valence-electron chi connectivity index (χ3n) is 3.19. The highest BCUT2D eigenvalue weighted by molar-refractivity contribution is 5.73. The molecule has 0 heterocycles. The predicted octanol–water partition coefficient (Wildman–Crippen LogP) is 2.32. The summed E-state index contributed by atoms with van der Waals surface area (Å²) in [4.78, 5) is 22.0. The molecule has 122 valence electrons.